The highest BCUT2D eigenvalue weighted by Gasteiger charge is 2.34. The van der Waals surface area contributed by atoms with Gasteiger partial charge < -0.3 is 15.5 Å². The Kier molecular flexibility index (Phi) is 6.04. The molecule has 186 valence electrons. The van der Waals surface area contributed by atoms with Crippen molar-refractivity contribution in [3.05, 3.63) is 59.6 Å². The highest BCUT2D eigenvalue weighted by atomic mass is 32.1. The molecule has 1 saturated heterocycles. The molecule has 9 heteroatoms. The Labute approximate surface area is 214 Å². The van der Waals surface area contributed by atoms with Crippen LogP contribution in [0, 0.1) is 0 Å². The van der Waals surface area contributed by atoms with Gasteiger partial charge in [0, 0.05) is 25.3 Å². The number of amides is 4. The number of piperidine rings is 1. The fraction of sp³-hybridized carbons (Fsp3) is 0.333. The van der Waals surface area contributed by atoms with Crippen molar-refractivity contribution in [1.29, 1.82) is 0 Å². The van der Waals surface area contributed by atoms with Crippen molar-refractivity contribution in [2.75, 3.05) is 23.3 Å². The zero-order chi connectivity index (χ0) is 25.6. The van der Waals surface area contributed by atoms with Gasteiger partial charge in [-0.25, -0.2) is 9.78 Å². The number of benzene rings is 1. The molecule has 8 nitrogen and oxygen atoms in total. The van der Waals surface area contributed by atoms with E-state index in [1.165, 1.54) is 23.0 Å². The fourth-order valence-corrected chi connectivity index (χ4v) is 5.81. The number of thiophene rings is 1. The molecule has 1 fully saturated rings. The maximum atomic E-state index is 13.3. The molecule has 4 amide bonds. The average Bonchev–Trinajstić information content (AvgIpc) is 3.23. The maximum Gasteiger partial charge on any atom is 0.331 e. The van der Waals surface area contributed by atoms with E-state index in [2.05, 4.69) is 43.0 Å². The minimum Gasteiger partial charge on any atom is -0.347 e. The molecule has 0 radical (unpaired) electrons. The molecule has 2 aliphatic rings. The molecular weight excluding hydrogens is 474 g/mol. The highest BCUT2D eigenvalue weighted by molar-refractivity contribution is 7.21. The molecule has 36 heavy (non-hydrogen) atoms. The molecule has 1 atom stereocenters. The first-order chi connectivity index (χ1) is 17.2. The molecule has 0 saturated carbocycles. The number of nitrogens with one attached hydrogen (secondary N) is 2. The Hall–Kier alpha value is -3.72. The predicted octanol–water partition coefficient (Wildman–Crippen LogP) is 5.18. The van der Waals surface area contributed by atoms with Crippen LogP contribution in [0.4, 0.5) is 21.9 Å². The summed E-state index contributed by atoms with van der Waals surface area (Å²) in [6, 6.07) is 9.26. The minimum absolute atomic E-state index is 0.00372. The van der Waals surface area contributed by atoms with Crippen molar-refractivity contribution in [3.63, 3.8) is 0 Å². The number of hydrogen-bond donors (Lipinski definition) is 2. The number of aromatic nitrogens is 1. The third-order valence-electron chi connectivity index (χ3n) is 6.69. The normalized spacial score (nSPS) is 17.6. The summed E-state index contributed by atoms with van der Waals surface area (Å²) in [5, 5.41) is 6.74. The Balaban J connectivity index is 1.46. The van der Waals surface area contributed by atoms with Crippen LogP contribution in [0.3, 0.4) is 0 Å². The van der Waals surface area contributed by atoms with Gasteiger partial charge in [0.1, 0.15) is 9.71 Å². The smallest absolute Gasteiger partial charge is 0.331 e. The van der Waals surface area contributed by atoms with Crippen LogP contribution in [-0.4, -0.2) is 46.9 Å². The first kappa shape index (κ1) is 24.0. The van der Waals surface area contributed by atoms with Crippen molar-refractivity contribution in [1.82, 2.24) is 15.2 Å². The Bertz CT molecular complexity index is 1370. The number of carbonyl (C=O) groups is 3. The summed E-state index contributed by atoms with van der Waals surface area (Å²) in [4.78, 5) is 47.5. The molecule has 0 aliphatic carbocycles. The molecule has 4 heterocycles. The summed E-state index contributed by atoms with van der Waals surface area (Å²) < 4.78 is 0. The van der Waals surface area contributed by atoms with Crippen LogP contribution < -0.4 is 15.5 Å². The zero-order valence-corrected chi connectivity index (χ0v) is 21.4. The summed E-state index contributed by atoms with van der Waals surface area (Å²) >= 11 is 1.25. The molecule has 2 aromatic heterocycles. The number of rotatable bonds is 4. The lowest BCUT2D eigenvalue weighted by atomic mass is 9.87. The second-order valence-corrected chi connectivity index (χ2v) is 11.2. The number of anilines is 3. The van der Waals surface area contributed by atoms with Crippen molar-refractivity contribution in [3.8, 4) is 0 Å². The van der Waals surface area contributed by atoms with Crippen molar-refractivity contribution in [2.24, 2.45) is 0 Å². The van der Waals surface area contributed by atoms with Gasteiger partial charge in [-0.2, -0.15) is 0 Å². The summed E-state index contributed by atoms with van der Waals surface area (Å²) in [7, 11) is 0. The van der Waals surface area contributed by atoms with Crippen LogP contribution in [0.5, 0.6) is 0 Å². The summed E-state index contributed by atoms with van der Waals surface area (Å²) in [5.74, 6) is -0.414. The van der Waals surface area contributed by atoms with Gasteiger partial charge in [-0.05, 0) is 48.1 Å². The van der Waals surface area contributed by atoms with E-state index >= 15 is 0 Å². The molecule has 3 aromatic rings. The summed E-state index contributed by atoms with van der Waals surface area (Å²) in [5.41, 5.74) is 3.10. The van der Waals surface area contributed by atoms with E-state index in [9.17, 15) is 14.4 Å². The Morgan fingerprint density at radius 3 is 2.67 bits per heavy atom. The lowest BCUT2D eigenvalue weighted by molar-refractivity contribution is -0.127. The van der Waals surface area contributed by atoms with Crippen LogP contribution in [-0.2, 0) is 10.2 Å². The van der Waals surface area contributed by atoms with Crippen LogP contribution in [0.25, 0.3) is 10.2 Å². The third-order valence-corrected chi connectivity index (χ3v) is 7.78. The third kappa shape index (κ3) is 4.24. The standard InChI is InChI=1S/C27H29N5O3S/c1-5-20(33)31-14-6-7-17(15-31)29-24(34)23-22-21-19(12-13-28-25(21)36-23)32(26(35)30-22)18-10-8-16(9-11-18)27(2,3)4/h5,8-13,17H,1,6-7,14-15H2,2-4H3,(H,29,34)(H,30,35)/t17-/m1/s1. The van der Waals surface area contributed by atoms with Gasteiger partial charge in [-0.3, -0.25) is 14.5 Å². The van der Waals surface area contributed by atoms with Crippen LogP contribution in [0.2, 0.25) is 0 Å². The number of nitrogens with zero attached hydrogens (tertiary/aromatic N) is 3. The predicted molar refractivity (Wildman–Crippen MR) is 143 cm³/mol. The van der Waals surface area contributed by atoms with E-state index in [0.29, 0.717) is 34.2 Å². The quantitative estimate of drug-likeness (QED) is 0.480. The maximum absolute atomic E-state index is 13.3. The number of carbonyl (C=O) groups excluding carboxylic acids is 3. The van der Waals surface area contributed by atoms with E-state index in [1.54, 1.807) is 22.1 Å². The number of pyridine rings is 1. The first-order valence-corrected chi connectivity index (χ1v) is 12.8. The average molecular weight is 504 g/mol. The van der Waals surface area contributed by atoms with E-state index in [4.69, 9.17) is 0 Å². The second kappa shape index (κ2) is 9.05. The summed E-state index contributed by atoms with van der Waals surface area (Å²) in [6.07, 6.45) is 4.54. The molecular formula is C27H29N5O3S. The van der Waals surface area contributed by atoms with Gasteiger partial charge >= 0.3 is 6.03 Å². The van der Waals surface area contributed by atoms with Crippen molar-refractivity contribution in [2.45, 2.75) is 45.1 Å². The highest BCUT2D eigenvalue weighted by Crippen LogP contribution is 2.45. The lowest BCUT2D eigenvalue weighted by Crippen LogP contribution is -2.49. The number of hydrogen-bond acceptors (Lipinski definition) is 5. The molecule has 1 aromatic carbocycles. The second-order valence-electron chi connectivity index (χ2n) is 10.2. The monoisotopic (exact) mass is 503 g/mol. The minimum atomic E-state index is -0.327. The van der Waals surface area contributed by atoms with Gasteiger partial charge in [0.15, 0.2) is 0 Å². The van der Waals surface area contributed by atoms with E-state index in [0.717, 1.165) is 23.9 Å². The van der Waals surface area contributed by atoms with Crippen LogP contribution in [0.1, 0.15) is 48.8 Å². The Morgan fingerprint density at radius 2 is 1.97 bits per heavy atom. The van der Waals surface area contributed by atoms with Gasteiger partial charge in [0.2, 0.25) is 5.91 Å². The molecule has 2 aliphatic heterocycles. The first-order valence-electron chi connectivity index (χ1n) is 12.0. The van der Waals surface area contributed by atoms with Crippen LogP contribution >= 0.6 is 11.3 Å². The molecule has 0 spiro atoms. The molecule has 0 bridgehead atoms. The van der Waals surface area contributed by atoms with E-state index in [1.807, 2.05) is 24.3 Å². The van der Waals surface area contributed by atoms with Crippen molar-refractivity contribution >= 4 is 56.5 Å². The largest absolute Gasteiger partial charge is 0.347 e. The Morgan fingerprint density at radius 1 is 1.22 bits per heavy atom. The zero-order valence-electron chi connectivity index (χ0n) is 20.6. The molecule has 0 unspecified atom stereocenters. The van der Waals surface area contributed by atoms with Gasteiger partial charge in [0.25, 0.3) is 5.91 Å². The number of urea groups is 1. The fourth-order valence-electron chi connectivity index (χ4n) is 4.79. The SMILES string of the molecule is C=CC(=O)N1CCC[C@@H](NC(=O)c2sc3nccc4c3c2NC(=O)N4c2ccc(C(C)(C)C)cc2)C1. The van der Waals surface area contributed by atoms with Gasteiger partial charge in [0.05, 0.1) is 22.4 Å². The van der Waals surface area contributed by atoms with Gasteiger partial charge in [-0.1, -0.05) is 39.5 Å². The topological polar surface area (TPSA) is 94.6 Å². The van der Waals surface area contributed by atoms with E-state index in [-0.39, 0.29) is 29.3 Å². The summed E-state index contributed by atoms with van der Waals surface area (Å²) in [6.45, 7) is 11.1. The lowest BCUT2D eigenvalue weighted by Gasteiger charge is -2.32. The van der Waals surface area contributed by atoms with Crippen LogP contribution in [0.15, 0.2) is 49.2 Å². The molecule has 2 N–H and O–H groups in total. The molecule has 5 rings (SSSR count). The van der Waals surface area contributed by atoms with Gasteiger partial charge in [-0.15, -0.1) is 11.3 Å². The van der Waals surface area contributed by atoms with E-state index < -0.39 is 0 Å². The van der Waals surface area contributed by atoms with Crippen molar-refractivity contribution < 1.29 is 14.4 Å². The number of likely N-dealkylation sites (tertiary alicyclic amines) is 1.